The van der Waals surface area contributed by atoms with Gasteiger partial charge in [-0.1, -0.05) is 44.2 Å². The second kappa shape index (κ2) is 7.03. The van der Waals surface area contributed by atoms with Gasteiger partial charge in [-0.15, -0.1) is 0 Å². The summed E-state index contributed by atoms with van der Waals surface area (Å²) < 4.78 is 0. The summed E-state index contributed by atoms with van der Waals surface area (Å²) in [5, 5.41) is 0. The van der Waals surface area contributed by atoms with Gasteiger partial charge in [0.05, 0.1) is 11.4 Å². The number of anilines is 1. The van der Waals surface area contributed by atoms with E-state index in [0.717, 1.165) is 18.7 Å². The van der Waals surface area contributed by atoms with Gasteiger partial charge < -0.3 is 9.80 Å². The predicted octanol–water partition coefficient (Wildman–Crippen LogP) is 4.19. The summed E-state index contributed by atoms with van der Waals surface area (Å²) in [7, 11) is 0. The number of piperidine rings is 1. The van der Waals surface area contributed by atoms with Crippen molar-refractivity contribution in [1.82, 2.24) is 9.88 Å². The van der Waals surface area contributed by atoms with Gasteiger partial charge in [-0.2, -0.15) is 0 Å². The van der Waals surface area contributed by atoms with Crippen LogP contribution in [0.4, 0.5) is 5.69 Å². The Morgan fingerprint density at radius 3 is 2.50 bits per heavy atom. The number of aryl methyl sites for hydroxylation is 1. The summed E-state index contributed by atoms with van der Waals surface area (Å²) in [5.74, 6) is 0. The van der Waals surface area contributed by atoms with Crippen LogP contribution in [-0.4, -0.2) is 42.1 Å². The molecule has 1 aromatic carbocycles. The van der Waals surface area contributed by atoms with Crippen LogP contribution >= 0.6 is 0 Å². The number of rotatable bonds is 4. The van der Waals surface area contributed by atoms with E-state index < -0.39 is 0 Å². The van der Waals surface area contributed by atoms with Crippen LogP contribution in [0.25, 0.3) is 0 Å². The minimum absolute atomic E-state index is 0.159. The Bertz CT molecular complexity index is 745. The second-order valence-electron chi connectivity index (χ2n) is 8.64. The Hall–Kier alpha value is -1.87. The molecular weight excluding hydrogens is 318 g/mol. The summed E-state index contributed by atoms with van der Waals surface area (Å²) >= 11 is 0. The fourth-order valence-corrected chi connectivity index (χ4v) is 4.58. The van der Waals surface area contributed by atoms with Crippen LogP contribution in [0.15, 0.2) is 42.5 Å². The average molecular weight is 350 g/mol. The van der Waals surface area contributed by atoms with E-state index in [1.165, 1.54) is 49.4 Å². The quantitative estimate of drug-likeness (QED) is 0.825. The van der Waals surface area contributed by atoms with Crippen LogP contribution in [0.1, 0.15) is 43.6 Å². The molecule has 2 aliphatic heterocycles. The highest BCUT2D eigenvalue weighted by atomic mass is 15.2. The van der Waals surface area contributed by atoms with Gasteiger partial charge in [-0.05, 0) is 43.9 Å². The molecule has 3 nitrogen and oxygen atoms in total. The van der Waals surface area contributed by atoms with Gasteiger partial charge in [0.1, 0.15) is 0 Å². The van der Waals surface area contributed by atoms with Crippen molar-refractivity contribution >= 4 is 5.69 Å². The number of likely N-dealkylation sites (tertiary alicyclic amines) is 1. The van der Waals surface area contributed by atoms with Gasteiger partial charge in [0.25, 0.3) is 0 Å². The summed E-state index contributed by atoms with van der Waals surface area (Å²) in [6.07, 6.45) is 3.69. The number of benzene rings is 1. The normalized spacial score (nSPS) is 20.3. The summed E-state index contributed by atoms with van der Waals surface area (Å²) in [5.41, 5.74) is 5.42. The van der Waals surface area contributed by atoms with E-state index >= 15 is 0 Å². The molecule has 26 heavy (non-hydrogen) atoms. The lowest BCUT2D eigenvalue weighted by Crippen LogP contribution is -2.46. The van der Waals surface area contributed by atoms with E-state index in [1.807, 2.05) is 0 Å². The van der Waals surface area contributed by atoms with Gasteiger partial charge in [0.15, 0.2) is 0 Å². The van der Waals surface area contributed by atoms with Crippen molar-refractivity contribution in [3.8, 4) is 0 Å². The van der Waals surface area contributed by atoms with Crippen molar-refractivity contribution in [3.63, 3.8) is 0 Å². The Kier molecular flexibility index (Phi) is 4.74. The second-order valence-corrected chi connectivity index (χ2v) is 8.64. The van der Waals surface area contributed by atoms with Gasteiger partial charge in [0, 0.05) is 43.3 Å². The third-order valence-corrected chi connectivity index (χ3v) is 6.09. The molecule has 0 atom stereocenters. The van der Waals surface area contributed by atoms with E-state index in [9.17, 15) is 0 Å². The van der Waals surface area contributed by atoms with Gasteiger partial charge in [-0.3, -0.25) is 4.98 Å². The van der Waals surface area contributed by atoms with Crippen molar-refractivity contribution in [2.45, 2.75) is 51.5 Å². The summed E-state index contributed by atoms with van der Waals surface area (Å²) in [6, 6.07) is 16.0. The van der Waals surface area contributed by atoms with Crippen molar-refractivity contribution in [1.29, 1.82) is 0 Å². The molecule has 0 spiro atoms. The molecule has 3 heteroatoms. The first kappa shape index (κ1) is 17.5. The zero-order chi connectivity index (χ0) is 18.1. The molecule has 0 amide bonds. The molecule has 0 unspecified atom stereocenters. The van der Waals surface area contributed by atoms with E-state index in [2.05, 4.69) is 73.0 Å². The van der Waals surface area contributed by atoms with Crippen LogP contribution in [-0.2, 0) is 11.8 Å². The van der Waals surface area contributed by atoms with Crippen molar-refractivity contribution in [3.05, 3.63) is 59.4 Å². The fraction of sp³-hybridized carbons (Fsp3) is 0.522. The zero-order valence-electron chi connectivity index (χ0n) is 16.4. The molecule has 2 aliphatic rings. The molecule has 4 rings (SSSR count). The first-order chi connectivity index (χ1) is 12.5. The SMILES string of the molecule is Cc1ccc2c(n1)C(C)(C)CN2C1CCN(CCc2ccccc2)CC1. The van der Waals surface area contributed by atoms with E-state index in [4.69, 9.17) is 4.98 Å². The number of fused-ring (bicyclic) bond motifs is 1. The Morgan fingerprint density at radius 2 is 1.77 bits per heavy atom. The third kappa shape index (κ3) is 3.50. The van der Waals surface area contributed by atoms with Crippen LogP contribution in [0.5, 0.6) is 0 Å². The van der Waals surface area contributed by atoms with Gasteiger partial charge in [-0.25, -0.2) is 0 Å². The molecule has 1 saturated heterocycles. The summed E-state index contributed by atoms with van der Waals surface area (Å²) in [6.45, 7) is 11.5. The van der Waals surface area contributed by atoms with Crippen LogP contribution in [0.3, 0.4) is 0 Å². The fourth-order valence-electron chi connectivity index (χ4n) is 4.58. The molecule has 0 radical (unpaired) electrons. The minimum Gasteiger partial charge on any atom is -0.366 e. The highest BCUT2D eigenvalue weighted by molar-refractivity contribution is 5.60. The van der Waals surface area contributed by atoms with E-state index in [1.54, 1.807) is 0 Å². The number of aromatic nitrogens is 1. The number of pyridine rings is 1. The monoisotopic (exact) mass is 349 g/mol. The van der Waals surface area contributed by atoms with Crippen LogP contribution in [0, 0.1) is 6.92 Å². The van der Waals surface area contributed by atoms with Crippen molar-refractivity contribution < 1.29 is 0 Å². The van der Waals surface area contributed by atoms with E-state index in [0.29, 0.717) is 6.04 Å². The maximum absolute atomic E-state index is 4.88. The lowest BCUT2D eigenvalue weighted by molar-refractivity contribution is 0.210. The van der Waals surface area contributed by atoms with Crippen molar-refractivity contribution in [2.75, 3.05) is 31.1 Å². The van der Waals surface area contributed by atoms with Gasteiger partial charge in [0.2, 0.25) is 0 Å². The van der Waals surface area contributed by atoms with Crippen molar-refractivity contribution in [2.24, 2.45) is 0 Å². The lowest BCUT2D eigenvalue weighted by atomic mass is 9.91. The Balaban J connectivity index is 1.37. The molecule has 2 aromatic rings. The molecule has 0 N–H and O–H groups in total. The number of hydrogen-bond donors (Lipinski definition) is 0. The highest BCUT2D eigenvalue weighted by Gasteiger charge is 2.40. The maximum atomic E-state index is 4.88. The molecule has 0 bridgehead atoms. The maximum Gasteiger partial charge on any atom is 0.0713 e. The first-order valence-corrected chi connectivity index (χ1v) is 10.0. The Labute approximate surface area is 158 Å². The molecule has 0 saturated carbocycles. The van der Waals surface area contributed by atoms with Crippen LogP contribution in [0.2, 0.25) is 0 Å². The zero-order valence-corrected chi connectivity index (χ0v) is 16.4. The minimum atomic E-state index is 0.159. The number of hydrogen-bond acceptors (Lipinski definition) is 3. The Morgan fingerprint density at radius 1 is 1.04 bits per heavy atom. The highest BCUT2D eigenvalue weighted by Crippen LogP contribution is 2.41. The lowest BCUT2D eigenvalue weighted by Gasteiger charge is -2.38. The summed E-state index contributed by atoms with van der Waals surface area (Å²) in [4.78, 5) is 10.2. The largest absolute Gasteiger partial charge is 0.366 e. The number of nitrogens with zero attached hydrogens (tertiary/aromatic N) is 3. The van der Waals surface area contributed by atoms with E-state index in [-0.39, 0.29) is 5.41 Å². The first-order valence-electron chi connectivity index (χ1n) is 10.0. The average Bonchev–Trinajstić information content (AvgIpc) is 2.92. The topological polar surface area (TPSA) is 19.4 Å². The van der Waals surface area contributed by atoms with Gasteiger partial charge >= 0.3 is 0 Å². The molecule has 138 valence electrons. The van der Waals surface area contributed by atoms with Crippen LogP contribution < -0.4 is 4.90 Å². The molecule has 0 aliphatic carbocycles. The standard InChI is InChI=1S/C23H31N3/c1-18-9-10-21-22(24-18)23(2,3)17-26(21)20-12-15-25(16-13-20)14-11-19-7-5-4-6-8-19/h4-10,20H,11-17H2,1-3H3. The smallest absolute Gasteiger partial charge is 0.0713 e. The molecule has 1 fully saturated rings. The third-order valence-electron chi connectivity index (χ3n) is 6.09. The predicted molar refractivity (Wildman–Crippen MR) is 109 cm³/mol. The molecule has 1 aromatic heterocycles. The molecular formula is C23H31N3. The molecule has 3 heterocycles.